The number of benzene rings is 1. The number of hydrogen-bond acceptors (Lipinski definition) is 5. The predicted octanol–water partition coefficient (Wildman–Crippen LogP) is 3.76. The van der Waals surface area contributed by atoms with Crippen LogP contribution in [0.3, 0.4) is 0 Å². The van der Waals surface area contributed by atoms with Gasteiger partial charge in [-0.05, 0) is 30.3 Å². The van der Waals surface area contributed by atoms with Crippen LogP contribution in [0.2, 0.25) is 0 Å². The number of halogens is 3. The van der Waals surface area contributed by atoms with Gasteiger partial charge in [0.2, 0.25) is 5.95 Å². The van der Waals surface area contributed by atoms with Crippen LogP contribution in [0.4, 0.5) is 30.6 Å². The molecule has 162 valence electrons. The van der Waals surface area contributed by atoms with E-state index in [2.05, 4.69) is 25.5 Å². The van der Waals surface area contributed by atoms with Gasteiger partial charge in [-0.1, -0.05) is 32.0 Å². The molecule has 1 aliphatic rings. The number of piperazine rings is 1. The first kappa shape index (κ1) is 22.1. The highest BCUT2D eigenvalue weighted by Crippen LogP contribution is 2.31. The third-order valence-corrected chi connectivity index (χ3v) is 4.87. The van der Waals surface area contributed by atoms with Gasteiger partial charge in [0.05, 0.1) is 0 Å². The summed E-state index contributed by atoms with van der Waals surface area (Å²) in [5.74, 6) is 0.411. The van der Waals surface area contributed by atoms with Crippen molar-refractivity contribution in [3.63, 3.8) is 0 Å². The Kier molecular flexibility index (Phi) is 6.96. The van der Waals surface area contributed by atoms with Crippen LogP contribution in [0.1, 0.15) is 19.5 Å². The van der Waals surface area contributed by atoms with Crippen molar-refractivity contribution in [2.24, 2.45) is 5.92 Å². The summed E-state index contributed by atoms with van der Waals surface area (Å²) >= 11 is 5.16. The van der Waals surface area contributed by atoms with Gasteiger partial charge >= 0.3 is 6.18 Å². The summed E-state index contributed by atoms with van der Waals surface area (Å²) in [7, 11) is 0. The van der Waals surface area contributed by atoms with Gasteiger partial charge in [0.25, 0.3) is 0 Å². The molecule has 0 radical (unpaired) electrons. The molecule has 0 atom stereocenters. The van der Waals surface area contributed by atoms with Crippen molar-refractivity contribution in [2.75, 3.05) is 47.8 Å². The molecule has 10 heteroatoms. The van der Waals surface area contributed by atoms with E-state index in [0.717, 1.165) is 11.8 Å². The first-order valence-electron chi connectivity index (χ1n) is 9.78. The zero-order valence-electron chi connectivity index (χ0n) is 16.9. The van der Waals surface area contributed by atoms with E-state index < -0.39 is 11.9 Å². The molecular formula is C20H25F3N6S. The second-order valence-electron chi connectivity index (χ2n) is 7.47. The second-order valence-corrected chi connectivity index (χ2v) is 7.88. The van der Waals surface area contributed by atoms with Gasteiger partial charge in [0.1, 0.15) is 5.82 Å². The number of thiocarbonyl (C=S) groups is 1. The molecule has 0 bridgehead atoms. The number of anilines is 3. The lowest BCUT2D eigenvalue weighted by Crippen LogP contribution is -2.47. The van der Waals surface area contributed by atoms with E-state index >= 15 is 0 Å². The summed E-state index contributed by atoms with van der Waals surface area (Å²) < 4.78 is 40.2. The molecular weight excluding hydrogens is 413 g/mol. The van der Waals surface area contributed by atoms with Crippen LogP contribution in [0.5, 0.6) is 0 Å². The van der Waals surface area contributed by atoms with Crippen molar-refractivity contribution >= 4 is 34.8 Å². The molecule has 3 rings (SSSR count). The van der Waals surface area contributed by atoms with Crippen LogP contribution in [-0.4, -0.2) is 47.8 Å². The standard InChI is InChI=1S/C20H25F3N6S/c1-14(2)13-24-19(30)27-18-25-16(20(21,22)23)12-17(26-18)29-10-8-28(9-11-29)15-6-4-3-5-7-15/h3-7,12,14H,8-11,13H2,1-2H3,(H2,24,25,26,27,30). The largest absolute Gasteiger partial charge is 0.433 e. The van der Waals surface area contributed by atoms with Crippen molar-refractivity contribution in [2.45, 2.75) is 20.0 Å². The summed E-state index contributed by atoms with van der Waals surface area (Å²) in [6.07, 6.45) is -4.58. The number of aromatic nitrogens is 2. The van der Waals surface area contributed by atoms with Crippen LogP contribution in [-0.2, 0) is 6.18 Å². The first-order valence-corrected chi connectivity index (χ1v) is 10.2. The number of nitrogens with zero attached hydrogens (tertiary/aromatic N) is 4. The monoisotopic (exact) mass is 438 g/mol. The van der Waals surface area contributed by atoms with Gasteiger partial charge < -0.3 is 20.4 Å². The Morgan fingerprint density at radius 1 is 1.07 bits per heavy atom. The van der Waals surface area contributed by atoms with Crippen LogP contribution in [0.15, 0.2) is 36.4 Å². The Morgan fingerprint density at radius 2 is 1.70 bits per heavy atom. The molecule has 1 fully saturated rings. The minimum atomic E-state index is -4.58. The average molecular weight is 439 g/mol. The van der Waals surface area contributed by atoms with Crippen molar-refractivity contribution in [3.8, 4) is 0 Å². The van der Waals surface area contributed by atoms with Gasteiger partial charge in [0.15, 0.2) is 10.8 Å². The van der Waals surface area contributed by atoms with Crippen LogP contribution in [0, 0.1) is 5.92 Å². The maximum atomic E-state index is 13.4. The number of para-hydroxylation sites is 1. The maximum Gasteiger partial charge on any atom is 0.433 e. The molecule has 30 heavy (non-hydrogen) atoms. The smallest absolute Gasteiger partial charge is 0.368 e. The first-order chi connectivity index (χ1) is 14.2. The van der Waals surface area contributed by atoms with Crippen molar-refractivity contribution in [3.05, 3.63) is 42.1 Å². The Bertz CT molecular complexity index is 851. The molecule has 2 N–H and O–H groups in total. The normalized spacial score (nSPS) is 14.7. The summed E-state index contributed by atoms with van der Waals surface area (Å²) in [5, 5.41) is 5.83. The van der Waals surface area contributed by atoms with Gasteiger partial charge in [-0.2, -0.15) is 18.2 Å². The van der Waals surface area contributed by atoms with Gasteiger partial charge in [-0.3, -0.25) is 0 Å². The topological polar surface area (TPSA) is 56.3 Å². The molecule has 0 saturated carbocycles. The lowest BCUT2D eigenvalue weighted by Gasteiger charge is -2.37. The molecule has 0 unspecified atom stereocenters. The lowest BCUT2D eigenvalue weighted by molar-refractivity contribution is -0.141. The fourth-order valence-corrected chi connectivity index (χ4v) is 3.25. The molecule has 1 aliphatic heterocycles. The molecule has 1 aromatic heterocycles. The van der Waals surface area contributed by atoms with Crippen LogP contribution in [0.25, 0.3) is 0 Å². The van der Waals surface area contributed by atoms with Crippen molar-refractivity contribution < 1.29 is 13.2 Å². The van der Waals surface area contributed by atoms with E-state index in [-0.39, 0.29) is 16.9 Å². The second kappa shape index (κ2) is 9.46. The predicted molar refractivity (Wildman–Crippen MR) is 117 cm³/mol. The highest BCUT2D eigenvalue weighted by Gasteiger charge is 2.34. The SMILES string of the molecule is CC(C)CNC(=S)Nc1nc(N2CCN(c3ccccc3)CC2)cc(C(F)(F)F)n1. The molecule has 1 saturated heterocycles. The molecule has 2 heterocycles. The van der Waals surface area contributed by atoms with E-state index in [1.165, 1.54) is 0 Å². The Labute approximate surface area is 179 Å². The quantitative estimate of drug-likeness (QED) is 0.690. The lowest BCUT2D eigenvalue weighted by atomic mass is 10.2. The van der Waals surface area contributed by atoms with Crippen molar-refractivity contribution in [1.82, 2.24) is 15.3 Å². The fourth-order valence-electron chi connectivity index (χ4n) is 3.07. The van der Waals surface area contributed by atoms with E-state index in [1.54, 1.807) is 0 Å². The fraction of sp³-hybridized carbons (Fsp3) is 0.450. The van der Waals surface area contributed by atoms with Crippen LogP contribution < -0.4 is 20.4 Å². The molecule has 0 aliphatic carbocycles. The molecule has 1 aromatic carbocycles. The highest BCUT2D eigenvalue weighted by atomic mass is 32.1. The number of rotatable bonds is 5. The molecule has 0 amide bonds. The summed E-state index contributed by atoms with van der Waals surface area (Å²) in [5.41, 5.74) is 0.104. The van der Waals surface area contributed by atoms with E-state index in [4.69, 9.17) is 12.2 Å². The number of hydrogen-bond donors (Lipinski definition) is 2. The summed E-state index contributed by atoms with van der Waals surface area (Å²) in [6, 6.07) is 10.9. The Balaban J connectivity index is 1.74. The van der Waals surface area contributed by atoms with Crippen LogP contribution >= 0.6 is 12.2 Å². The zero-order valence-corrected chi connectivity index (χ0v) is 17.7. The Hall–Kier alpha value is -2.62. The Morgan fingerprint density at radius 3 is 2.30 bits per heavy atom. The number of nitrogens with one attached hydrogen (secondary N) is 2. The third kappa shape index (κ3) is 5.94. The number of alkyl halides is 3. The average Bonchev–Trinajstić information content (AvgIpc) is 2.72. The minimum absolute atomic E-state index is 0.161. The zero-order chi connectivity index (χ0) is 21.7. The van der Waals surface area contributed by atoms with Crippen molar-refractivity contribution in [1.29, 1.82) is 0 Å². The van der Waals surface area contributed by atoms with Gasteiger partial charge in [-0.25, -0.2) is 4.98 Å². The third-order valence-electron chi connectivity index (χ3n) is 4.62. The van der Waals surface area contributed by atoms with E-state index in [1.807, 2.05) is 49.1 Å². The maximum absolute atomic E-state index is 13.4. The van der Waals surface area contributed by atoms with Gasteiger partial charge in [0, 0.05) is 44.5 Å². The minimum Gasteiger partial charge on any atom is -0.368 e. The van der Waals surface area contributed by atoms with E-state index in [9.17, 15) is 13.2 Å². The van der Waals surface area contributed by atoms with Gasteiger partial charge in [-0.15, -0.1) is 0 Å². The molecule has 0 spiro atoms. The highest BCUT2D eigenvalue weighted by molar-refractivity contribution is 7.80. The van der Waals surface area contributed by atoms with E-state index in [0.29, 0.717) is 38.6 Å². The molecule has 2 aromatic rings. The summed E-state index contributed by atoms with van der Waals surface area (Å²) in [6.45, 7) is 7.09. The summed E-state index contributed by atoms with van der Waals surface area (Å²) in [4.78, 5) is 12.0. The molecule has 6 nitrogen and oxygen atoms in total.